The van der Waals surface area contributed by atoms with Crippen molar-refractivity contribution < 1.29 is 9.53 Å². The molecule has 0 aliphatic carbocycles. The first-order valence-corrected chi connectivity index (χ1v) is 5.89. The molecular formula is C11H22ClNO2. The van der Waals surface area contributed by atoms with E-state index in [1.807, 2.05) is 0 Å². The second-order valence-electron chi connectivity index (χ2n) is 4.74. The van der Waals surface area contributed by atoms with Crippen molar-refractivity contribution in [2.45, 2.75) is 33.6 Å². The fourth-order valence-corrected chi connectivity index (χ4v) is 1.21. The van der Waals surface area contributed by atoms with Gasteiger partial charge in [-0.05, 0) is 11.8 Å². The molecule has 1 amide bonds. The Balaban J connectivity index is 3.32. The highest BCUT2D eigenvalue weighted by Crippen LogP contribution is 2.17. The summed E-state index contributed by atoms with van der Waals surface area (Å²) in [5, 5.41) is 2.86. The van der Waals surface area contributed by atoms with Crippen LogP contribution in [0.4, 0.5) is 0 Å². The minimum Gasteiger partial charge on any atom is -0.380 e. The standard InChI is InChI=1S/C11H22ClNO2/c1-11(2,3)9-10(14)13-6-4-7-15-8-5-12/h4-9H2,1-3H3,(H,13,14). The summed E-state index contributed by atoms with van der Waals surface area (Å²) >= 11 is 5.44. The van der Waals surface area contributed by atoms with Crippen LogP contribution in [-0.2, 0) is 9.53 Å². The van der Waals surface area contributed by atoms with Crippen molar-refractivity contribution in [1.82, 2.24) is 5.32 Å². The number of carbonyl (C=O) groups is 1. The number of hydrogen-bond donors (Lipinski definition) is 1. The molecule has 0 atom stereocenters. The Morgan fingerprint density at radius 2 is 2.00 bits per heavy atom. The van der Waals surface area contributed by atoms with E-state index in [1.165, 1.54) is 0 Å². The van der Waals surface area contributed by atoms with Crippen LogP contribution < -0.4 is 5.32 Å². The molecular weight excluding hydrogens is 214 g/mol. The summed E-state index contributed by atoms with van der Waals surface area (Å²) in [6.07, 6.45) is 1.41. The lowest BCUT2D eigenvalue weighted by Gasteiger charge is -2.17. The van der Waals surface area contributed by atoms with Gasteiger partial charge in [0.25, 0.3) is 0 Å². The van der Waals surface area contributed by atoms with Crippen LogP contribution in [0.2, 0.25) is 0 Å². The van der Waals surface area contributed by atoms with Crippen molar-refractivity contribution in [3.05, 3.63) is 0 Å². The molecule has 0 heterocycles. The van der Waals surface area contributed by atoms with E-state index >= 15 is 0 Å². The SMILES string of the molecule is CC(C)(C)CC(=O)NCCCOCCCl. The predicted octanol–water partition coefficient (Wildman–Crippen LogP) is 2.18. The molecule has 0 aromatic heterocycles. The second-order valence-corrected chi connectivity index (χ2v) is 5.12. The highest BCUT2D eigenvalue weighted by Gasteiger charge is 2.14. The summed E-state index contributed by atoms with van der Waals surface area (Å²) in [5.74, 6) is 0.635. The van der Waals surface area contributed by atoms with E-state index in [-0.39, 0.29) is 11.3 Å². The average molecular weight is 236 g/mol. The molecule has 1 N–H and O–H groups in total. The van der Waals surface area contributed by atoms with Crippen LogP contribution in [0.15, 0.2) is 0 Å². The molecule has 0 unspecified atom stereocenters. The van der Waals surface area contributed by atoms with Gasteiger partial charge in [-0.25, -0.2) is 0 Å². The zero-order chi connectivity index (χ0) is 11.7. The molecule has 0 spiro atoms. The summed E-state index contributed by atoms with van der Waals surface area (Å²) in [4.78, 5) is 11.4. The van der Waals surface area contributed by atoms with Gasteiger partial charge in [0, 0.05) is 25.5 Å². The Bertz CT molecular complexity index is 178. The molecule has 90 valence electrons. The quantitative estimate of drug-likeness (QED) is 0.543. The summed E-state index contributed by atoms with van der Waals surface area (Å²) in [5.41, 5.74) is 0.0548. The van der Waals surface area contributed by atoms with Crippen LogP contribution in [0.3, 0.4) is 0 Å². The Morgan fingerprint density at radius 1 is 1.33 bits per heavy atom. The van der Waals surface area contributed by atoms with Crippen LogP contribution in [0.5, 0.6) is 0 Å². The minimum atomic E-state index is 0.0548. The maximum atomic E-state index is 11.4. The Kier molecular flexibility index (Phi) is 7.79. The zero-order valence-corrected chi connectivity index (χ0v) is 10.7. The first kappa shape index (κ1) is 14.7. The fourth-order valence-electron chi connectivity index (χ4n) is 1.10. The molecule has 3 nitrogen and oxygen atoms in total. The number of ether oxygens (including phenoxy) is 1. The molecule has 0 saturated carbocycles. The first-order valence-electron chi connectivity index (χ1n) is 5.36. The van der Waals surface area contributed by atoms with Gasteiger partial charge in [-0.3, -0.25) is 4.79 Å². The summed E-state index contributed by atoms with van der Waals surface area (Å²) < 4.78 is 5.18. The van der Waals surface area contributed by atoms with Crippen molar-refractivity contribution in [3.63, 3.8) is 0 Å². The van der Waals surface area contributed by atoms with E-state index < -0.39 is 0 Å². The molecule has 4 heteroatoms. The average Bonchev–Trinajstić information content (AvgIpc) is 2.08. The fraction of sp³-hybridized carbons (Fsp3) is 0.909. The van der Waals surface area contributed by atoms with Gasteiger partial charge in [0.05, 0.1) is 6.61 Å². The molecule has 0 saturated heterocycles. The van der Waals surface area contributed by atoms with E-state index in [9.17, 15) is 4.79 Å². The third kappa shape index (κ3) is 11.6. The molecule has 15 heavy (non-hydrogen) atoms. The van der Waals surface area contributed by atoms with Gasteiger partial charge in [0.2, 0.25) is 5.91 Å². The minimum absolute atomic E-state index is 0.0548. The van der Waals surface area contributed by atoms with Gasteiger partial charge in [-0.1, -0.05) is 20.8 Å². The van der Waals surface area contributed by atoms with E-state index in [2.05, 4.69) is 26.1 Å². The van der Waals surface area contributed by atoms with Crippen molar-refractivity contribution in [2.24, 2.45) is 5.41 Å². The number of nitrogens with one attached hydrogen (secondary N) is 1. The number of hydrogen-bond acceptors (Lipinski definition) is 2. The van der Waals surface area contributed by atoms with Crippen molar-refractivity contribution in [2.75, 3.05) is 25.6 Å². The lowest BCUT2D eigenvalue weighted by Crippen LogP contribution is -2.28. The molecule has 0 radical (unpaired) electrons. The summed E-state index contributed by atoms with van der Waals surface area (Å²) in [7, 11) is 0. The number of amides is 1. The Hall–Kier alpha value is -0.280. The van der Waals surface area contributed by atoms with Crippen LogP contribution in [0, 0.1) is 5.41 Å². The van der Waals surface area contributed by atoms with Crippen LogP contribution in [0.1, 0.15) is 33.6 Å². The number of carbonyl (C=O) groups excluding carboxylic acids is 1. The van der Waals surface area contributed by atoms with E-state index in [1.54, 1.807) is 0 Å². The van der Waals surface area contributed by atoms with Crippen molar-refractivity contribution in [3.8, 4) is 0 Å². The predicted molar refractivity (Wildman–Crippen MR) is 63.2 cm³/mol. The van der Waals surface area contributed by atoms with Crippen LogP contribution in [-0.4, -0.2) is 31.5 Å². The highest BCUT2D eigenvalue weighted by molar-refractivity contribution is 6.17. The van der Waals surface area contributed by atoms with E-state index in [4.69, 9.17) is 16.3 Å². The molecule has 0 rings (SSSR count). The lowest BCUT2D eigenvalue weighted by molar-refractivity contribution is -0.122. The number of rotatable bonds is 7. The normalized spacial score (nSPS) is 11.5. The van der Waals surface area contributed by atoms with E-state index in [0.717, 1.165) is 6.42 Å². The summed E-state index contributed by atoms with van der Waals surface area (Å²) in [6, 6.07) is 0. The third-order valence-electron chi connectivity index (χ3n) is 1.70. The maximum absolute atomic E-state index is 11.4. The van der Waals surface area contributed by atoms with Gasteiger partial charge < -0.3 is 10.1 Å². The van der Waals surface area contributed by atoms with Gasteiger partial charge in [-0.2, -0.15) is 0 Å². The van der Waals surface area contributed by atoms with Crippen molar-refractivity contribution in [1.29, 1.82) is 0 Å². The van der Waals surface area contributed by atoms with Gasteiger partial charge in [-0.15, -0.1) is 11.6 Å². The van der Waals surface area contributed by atoms with Crippen LogP contribution in [0.25, 0.3) is 0 Å². The van der Waals surface area contributed by atoms with Gasteiger partial charge >= 0.3 is 0 Å². The molecule has 0 aromatic rings. The highest BCUT2D eigenvalue weighted by atomic mass is 35.5. The third-order valence-corrected chi connectivity index (χ3v) is 1.85. The van der Waals surface area contributed by atoms with Crippen molar-refractivity contribution >= 4 is 17.5 Å². The second kappa shape index (κ2) is 7.94. The maximum Gasteiger partial charge on any atom is 0.220 e. The Morgan fingerprint density at radius 3 is 2.53 bits per heavy atom. The molecule has 0 aromatic carbocycles. The Labute approximate surface area is 97.5 Å². The van der Waals surface area contributed by atoms with Crippen LogP contribution >= 0.6 is 11.6 Å². The van der Waals surface area contributed by atoms with E-state index in [0.29, 0.717) is 32.1 Å². The van der Waals surface area contributed by atoms with Gasteiger partial charge in [0.15, 0.2) is 0 Å². The molecule has 0 fully saturated rings. The summed E-state index contributed by atoms with van der Waals surface area (Å²) in [6.45, 7) is 8.07. The topological polar surface area (TPSA) is 38.3 Å². The molecule has 0 aliphatic heterocycles. The first-order chi connectivity index (χ1) is 6.95. The lowest BCUT2D eigenvalue weighted by atomic mass is 9.92. The number of alkyl halides is 1. The largest absolute Gasteiger partial charge is 0.380 e. The molecule has 0 aliphatic rings. The van der Waals surface area contributed by atoms with Gasteiger partial charge in [0.1, 0.15) is 0 Å². The zero-order valence-electron chi connectivity index (χ0n) is 9.94. The smallest absolute Gasteiger partial charge is 0.220 e. The number of halogens is 1. The monoisotopic (exact) mass is 235 g/mol. The molecule has 0 bridgehead atoms.